The fraction of sp³-hybridized carbons (Fsp3) is 0.250. The molecule has 140 valence electrons. The SMILES string of the molecule is Cc1nn(Cc2ccc(F)cc2)c(Cl)c1/C=C\C(=O)c1c(C)nn(C)c1C. The molecule has 2 aromatic heterocycles. The van der Waals surface area contributed by atoms with Gasteiger partial charge in [-0.15, -0.1) is 0 Å². The van der Waals surface area contributed by atoms with Gasteiger partial charge in [-0.1, -0.05) is 23.7 Å². The van der Waals surface area contributed by atoms with Crippen molar-refractivity contribution >= 4 is 23.5 Å². The lowest BCUT2D eigenvalue weighted by atomic mass is 10.1. The van der Waals surface area contributed by atoms with Crippen molar-refractivity contribution in [3.8, 4) is 0 Å². The molecular formula is C20H20ClFN4O. The number of allylic oxidation sites excluding steroid dienone is 1. The van der Waals surface area contributed by atoms with E-state index in [-0.39, 0.29) is 11.6 Å². The number of carbonyl (C=O) groups excluding carboxylic acids is 1. The number of benzene rings is 1. The van der Waals surface area contributed by atoms with Crippen molar-refractivity contribution in [2.75, 3.05) is 0 Å². The van der Waals surface area contributed by atoms with Crippen molar-refractivity contribution in [2.24, 2.45) is 7.05 Å². The van der Waals surface area contributed by atoms with E-state index in [9.17, 15) is 9.18 Å². The second kappa shape index (κ2) is 7.48. The highest BCUT2D eigenvalue weighted by Gasteiger charge is 2.16. The van der Waals surface area contributed by atoms with E-state index in [0.717, 1.165) is 11.3 Å². The highest BCUT2D eigenvalue weighted by molar-refractivity contribution is 6.31. The van der Waals surface area contributed by atoms with Gasteiger partial charge in [0.1, 0.15) is 11.0 Å². The molecule has 0 saturated heterocycles. The Labute approximate surface area is 162 Å². The number of hydrogen-bond donors (Lipinski definition) is 0. The van der Waals surface area contributed by atoms with Gasteiger partial charge in [-0.05, 0) is 50.6 Å². The Morgan fingerprint density at radius 3 is 2.41 bits per heavy atom. The normalized spacial score (nSPS) is 11.5. The van der Waals surface area contributed by atoms with E-state index in [1.165, 1.54) is 18.2 Å². The molecule has 0 aliphatic rings. The lowest BCUT2D eigenvalue weighted by Gasteiger charge is -2.03. The number of aromatic nitrogens is 4. The Hall–Kier alpha value is -2.73. The Balaban J connectivity index is 1.85. The average molecular weight is 387 g/mol. The summed E-state index contributed by atoms with van der Waals surface area (Å²) in [5.41, 5.74) is 4.39. The van der Waals surface area contributed by atoms with Gasteiger partial charge in [0.05, 0.1) is 23.5 Å². The van der Waals surface area contributed by atoms with Crippen molar-refractivity contribution < 1.29 is 9.18 Å². The van der Waals surface area contributed by atoms with Gasteiger partial charge in [0, 0.05) is 18.3 Å². The zero-order valence-corrected chi connectivity index (χ0v) is 16.4. The molecule has 0 N–H and O–H groups in total. The molecule has 0 fully saturated rings. The van der Waals surface area contributed by atoms with Crippen LogP contribution in [0.15, 0.2) is 30.3 Å². The topological polar surface area (TPSA) is 52.7 Å². The smallest absolute Gasteiger partial charge is 0.189 e. The average Bonchev–Trinajstić information content (AvgIpc) is 3.03. The molecule has 5 nitrogen and oxygen atoms in total. The first kappa shape index (κ1) is 19.0. The molecule has 0 radical (unpaired) electrons. The van der Waals surface area contributed by atoms with Crippen LogP contribution >= 0.6 is 11.6 Å². The predicted molar refractivity (Wildman–Crippen MR) is 104 cm³/mol. The van der Waals surface area contributed by atoms with Crippen LogP contribution in [-0.2, 0) is 13.6 Å². The standard InChI is InChI=1S/C20H20ClFN4O/c1-12-17(9-10-18(27)19-13(2)23-25(4)14(19)3)20(21)26(24-12)11-15-5-7-16(22)8-6-15/h5-10H,11H2,1-4H3/b10-9-. The molecule has 3 rings (SSSR count). The first-order valence-corrected chi connectivity index (χ1v) is 8.85. The number of nitrogens with zero attached hydrogens (tertiary/aromatic N) is 4. The van der Waals surface area contributed by atoms with Gasteiger partial charge in [-0.25, -0.2) is 9.07 Å². The fourth-order valence-electron chi connectivity index (χ4n) is 3.00. The zero-order valence-electron chi connectivity index (χ0n) is 15.6. The maximum atomic E-state index is 13.1. The largest absolute Gasteiger partial charge is 0.289 e. The molecule has 0 saturated carbocycles. The number of hydrogen-bond acceptors (Lipinski definition) is 3. The number of ketones is 1. The molecule has 2 heterocycles. The van der Waals surface area contributed by atoms with E-state index in [0.29, 0.717) is 34.2 Å². The minimum Gasteiger partial charge on any atom is -0.289 e. The van der Waals surface area contributed by atoms with Crippen molar-refractivity contribution in [3.63, 3.8) is 0 Å². The zero-order chi connectivity index (χ0) is 19.7. The molecule has 0 aliphatic carbocycles. The second-order valence-electron chi connectivity index (χ2n) is 6.44. The van der Waals surface area contributed by atoms with Gasteiger partial charge in [0.25, 0.3) is 0 Å². The summed E-state index contributed by atoms with van der Waals surface area (Å²) >= 11 is 6.45. The minimum atomic E-state index is -0.287. The van der Waals surface area contributed by atoms with Crippen molar-refractivity contribution in [1.29, 1.82) is 0 Å². The third-order valence-corrected chi connectivity index (χ3v) is 4.91. The monoisotopic (exact) mass is 386 g/mol. The van der Waals surface area contributed by atoms with Crippen LogP contribution in [0.25, 0.3) is 6.08 Å². The summed E-state index contributed by atoms with van der Waals surface area (Å²) in [5.74, 6) is -0.413. The van der Waals surface area contributed by atoms with Crippen LogP contribution in [0, 0.1) is 26.6 Å². The molecule has 0 spiro atoms. The number of halogens is 2. The van der Waals surface area contributed by atoms with E-state index in [4.69, 9.17) is 11.6 Å². The van der Waals surface area contributed by atoms with E-state index in [2.05, 4.69) is 10.2 Å². The van der Waals surface area contributed by atoms with Crippen LogP contribution in [0.4, 0.5) is 4.39 Å². The van der Waals surface area contributed by atoms with Gasteiger partial charge in [-0.3, -0.25) is 9.48 Å². The van der Waals surface area contributed by atoms with Crippen LogP contribution in [0.2, 0.25) is 5.15 Å². The van der Waals surface area contributed by atoms with Crippen LogP contribution in [0.3, 0.4) is 0 Å². The Morgan fingerprint density at radius 2 is 1.81 bits per heavy atom. The number of rotatable bonds is 5. The molecule has 27 heavy (non-hydrogen) atoms. The molecule has 3 aromatic rings. The lowest BCUT2D eigenvalue weighted by molar-refractivity contribution is 0.104. The molecular weight excluding hydrogens is 367 g/mol. The number of aryl methyl sites for hydroxylation is 3. The summed E-state index contributed by atoms with van der Waals surface area (Å²) in [5, 5.41) is 9.13. The molecule has 0 amide bonds. The van der Waals surface area contributed by atoms with Crippen LogP contribution in [0.1, 0.15) is 38.6 Å². The third-order valence-electron chi connectivity index (χ3n) is 4.51. The summed E-state index contributed by atoms with van der Waals surface area (Å²) in [6, 6.07) is 6.18. The van der Waals surface area contributed by atoms with E-state index < -0.39 is 0 Å². The molecule has 0 atom stereocenters. The van der Waals surface area contributed by atoms with Crippen LogP contribution in [-0.4, -0.2) is 25.3 Å². The Bertz CT molecular complexity index is 1030. The van der Waals surface area contributed by atoms with Crippen molar-refractivity contribution in [2.45, 2.75) is 27.3 Å². The maximum absolute atomic E-state index is 13.1. The van der Waals surface area contributed by atoms with Gasteiger partial charge in [-0.2, -0.15) is 10.2 Å². The second-order valence-corrected chi connectivity index (χ2v) is 6.80. The van der Waals surface area contributed by atoms with Gasteiger partial charge in [0.2, 0.25) is 0 Å². The van der Waals surface area contributed by atoms with Crippen molar-refractivity contribution in [1.82, 2.24) is 19.6 Å². The van der Waals surface area contributed by atoms with Gasteiger partial charge < -0.3 is 0 Å². The first-order chi connectivity index (χ1) is 12.8. The highest BCUT2D eigenvalue weighted by atomic mass is 35.5. The molecule has 7 heteroatoms. The summed E-state index contributed by atoms with van der Waals surface area (Å²) in [6.07, 6.45) is 3.18. The summed E-state index contributed by atoms with van der Waals surface area (Å²) in [7, 11) is 1.81. The molecule has 1 aromatic carbocycles. The first-order valence-electron chi connectivity index (χ1n) is 8.48. The Morgan fingerprint density at radius 1 is 1.15 bits per heavy atom. The summed E-state index contributed by atoms with van der Waals surface area (Å²) < 4.78 is 16.4. The fourth-order valence-corrected chi connectivity index (χ4v) is 3.29. The lowest BCUT2D eigenvalue weighted by Crippen LogP contribution is -2.02. The van der Waals surface area contributed by atoms with Gasteiger partial charge >= 0.3 is 0 Å². The highest BCUT2D eigenvalue weighted by Crippen LogP contribution is 2.23. The predicted octanol–water partition coefficient (Wildman–Crippen LogP) is 4.28. The van der Waals surface area contributed by atoms with E-state index in [1.807, 2.05) is 27.8 Å². The van der Waals surface area contributed by atoms with Gasteiger partial charge in [0.15, 0.2) is 5.78 Å². The molecule has 0 unspecified atom stereocenters. The quantitative estimate of drug-likeness (QED) is 0.486. The molecule has 0 bridgehead atoms. The number of carbonyl (C=O) groups is 1. The van der Waals surface area contributed by atoms with Crippen LogP contribution in [0.5, 0.6) is 0 Å². The van der Waals surface area contributed by atoms with Crippen molar-refractivity contribution in [3.05, 3.63) is 75.1 Å². The Kier molecular flexibility index (Phi) is 5.28. The van der Waals surface area contributed by atoms with Crippen LogP contribution < -0.4 is 0 Å². The third kappa shape index (κ3) is 3.85. The van der Waals surface area contributed by atoms with E-state index in [1.54, 1.807) is 27.6 Å². The summed E-state index contributed by atoms with van der Waals surface area (Å²) in [6.45, 7) is 5.92. The minimum absolute atomic E-state index is 0.125. The maximum Gasteiger partial charge on any atom is 0.189 e. The summed E-state index contributed by atoms with van der Waals surface area (Å²) in [4.78, 5) is 12.6. The molecule has 0 aliphatic heterocycles. The van der Waals surface area contributed by atoms with E-state index >= 15 is 0 Å².